The van der Waals surface area contributed by atoms with Gasteiger partial charge in [-0.25, -0.2) is 10.3 Å². The number of rotatable bonds is 10. The number of hydrogen-bond acceptors (Lipinski definition) is 5. The van der Waals surface area contributed by atoms with Gasteiger partial charge >= 0.3 is 6.09 Å². The number of aromatic nitrogens is 1. The van der Waals surface area contributed by atoms with E-state index in [4.69, 9.17) is 15.7 Å². The summed E-state index contributed by atoms with van der Waals surface area (Å²) < 4.78 is 4.93. The third kappa shape index (κ3) is 6.70. The van der Waals surface area contributed by atoms with E-state index >= 15 is 0 Å². The number of nitrogens with one attached hydrogen (secondary N) is 2. The topological polar surface area (TPSA) is 121 Å². The Bertz CT molecular complexity index is 1040. The summed E-state index contributed by atoms with van der Waals surface area (Å²) in [6.45, 7) is 2.23. The van der Waals surface area contributed by atoms with Crippen LogP contribution in [0.3, 0.4) is 0 Å². The van der Waals surface area contributed by atoms with Gasteiger partial charge in [0.25, 0.3) is 5.91 Å². The first-order valence-corrected chi connectivity index (χ1v) is 9.96. The third-order valence-corrected chi connectivity index (χ3v) is 4.95. The number of primary amides is 1. The summed E-state index contributed by atoms with van der Waals surface area (Å²) in [4.78, 5) is 27.5. The number of fused-ring (bicyclic) bond motifs is 1. The lowest BCUT2D eigenvalue weighted by Gasteiger charge is -2.22. The molecule has 0 fully saturated rings. The zero-order valence-corrected chi connectivity index (χ0v) is 17.1. The smallest absolute Gasteiger partial charge is 0.404 e. The van der Waals surface area contributed by atoms with Crippen LogP contribution in [0.15, 0.2) is 60.8 Å². The van der Waals surface area contributed by atoms with Crippen LogP contribution in [0, 0.1) is 0 Å². The van der Waals surface area contributed by atoms with Crippen molar-refractivity contribution < 1.29 is 19.5 Å². The Morgan fingerprint density at radius 3 is 2.65 bits per heavy atom. The van der Waals surface area contributed by atoms with Crippen LogP contribution >= 0.6 is 0 Å². The number of carbonyl (C=O) groups excluding carboxylic acids is 2. The van der Waals surface area contributed by atoms with Crippen molar-refractivity contribution in [1.29, 1.82) is 0 Å². The molecule has 162 valence electrons. The lowest BCUT2D eigenvalue weighted by molar-refractivity contribution is -0.124. The van der Waals surface area contributed by atoms with Crippen molar-refractivity contribution in [2.75, 3.05) is 19.7 Å². The maximum atomic E-state index is 11.1. The second-order valence-electron chi connectivity index (χ2n) is 7.10. The van der Waals surface area contributed by atoms with Gasteiger partial charge in [0.05, 0.1) is 0 Å². The molecule has 5 N–H and O–H groups in total. The molecule has 1 aromatic heterocycles. The highest BCUT2D eigenvalue weighted by Crippen LogP contribution is 2.19. The molecule has 0 saturated heterocycles. The number of carbonyl (C=O) groups is 2. The summed E-state index contributed by atoms with van der Waals surface area (Å²) in [7, 11) is 0. The fraction of sp³-hybridized carbons (Fsp3) is 0.217. The lowest BCUT2D eigenvalue weighted by atomic mass is 10.1. The largest absolute Gasteiger partial charge is 0.448 e. The van der Waals surface area contributed by atoms with Crippen molar-refractivity contribution >= 4 is 29.0 Å². The summed E-state index contributed by atoms with van der Waals surface area (Å²) in [5.74, 6) is -0.581. The van der Waals surface area contributed by atoms with Crippen LogP contribution in [0.1, 0.15) is 16.7 Å². The molecule has 0 radical (unpaired) electrons. The van der Waals surface area contributed by atoms with Gasteiger partial charge in [-0.3, -0.25) is 14.9 Å². The Labute approximate surface area is 180 Å². The Morgan fingerprint density at radius 1 is 1.13 bits per heavy atom. The minimum Gasteiger partial charge on any atom is -0.448 e. The average molecular weight is 422 g/mol. The van der Waals surface area contributed by atoms with Gasteiger partial charge in [0.1, 0.15) is 6.61 Å². The maximum absolute atomic E-state index is 11.1. The highest BCUT2D eigenvalue weighted by atomic mass is 16.5. The number of amides is 2. The molecule has 2 amide bonds. The zero-order chi connectivity index (χ0) is 22.1. The molecule has 8 heteroatoms. The molecular weight excluding hydrogens is 396 g/mol. The minimum atomic E-state index is -0.778. The number of hydrogen-bond donors (Lipinski definition) is 4. The van der Waals surface area contributed by atoms with Gasteiger partial charge in [-0.15, -0.1) is 0 Å². The molecule has 0 aliphatic rings. The quantitative estimate of drug-likeness (QED) is 0.227. The van der Waals surface area contributed by atoms with Crippen LogP contribution in [0.25, 0.3) is 17.0 Å². The van der Waals surface area contributed by atoms with Crippen LogP contribution in [-0.2, 0) is 22.5 Å². The molecule has 0 unspecified atom stereocenters. The molecule has 3 rings (SSSR count). The van der Waals surface area contributed by atoms with Crippen molar-refractivity contribution in [2.45, 2.75) is 13.0 Å². The number of hydroxylamine groups is 1. The van der Waals surface area contributed by atoms with Crippen LogP contribution in [0.4, 0.5) is 4.79 Å². The predicted octanol–water partition coefficient (Wildman–Crippen LogP) is 2.83. The van der Waals surface area contributed by atoms with Crippen LogP contribution in [0.5, 0.6) is 0 Å². The summed E-state index contributed by atoms with van der Waals surface area (Å²) in [6.07, 6.45) is 4.97. The molecule has 0 aliphatic carbocycles. The number of ether oxygens (including phenoxy) is 1. The van der Waals surface area contributed by atoms with Crippen molar-refractivity contribution in [2.24, 2.45) is 5.73 Å². The van der Waals surface area contributed by atoms with E-state index < -0.39 is 12.0 Å². The molecule has 1 heterocycles. The number of H-pyrrole nitrogens is 1. The first kappa shape index (κ1) is 22.1. The fourth-order valence-corrected chi connectivity index (χ4v) is 3.36. The maximum Gasteiger partial charge on any atom is 0.404 e. The normalized spacial score (nSPS) is 11.3. The third-order valence-electron chi connectivity index (χ3n) is 4.95. The van der Waals surface area contributed by atoms with Gasteiger partial charge in [-0.2, -0.15) is 0 Å². The van der Waals surface area contributed by atoms with Gasteiger partial charge in [0.15, 0.2) is 0 Å². The van der Waals surface area contributed by atoms with Gasteiger partial charge in [-0.05, 0) is 35.3 Å². The van der Waals surface area contributed by atoms with E-state index in [1.807, 2.05) is 42.6 Å². The van der Waals surface area contributed by atoms with Crippen molar-refractivity contribution in [1.82, 2.24) is 15.4 Å². The SMILES string of the molecule is NC(=O)OCCN(CCc1c[nH]c2ccccc12)Cc1ccc(/C=C/C(=O)NO)cc1. The summed E-state index contributed by atoms with van der Waals surface area (Å²) in [5, 5.41) is 9.75. The van der Waals surface area contributed by atoms with Crippen LogP contribution < -0.4 is 11.2 Å². The second-order valence-corrected chi connectivity index (χ2v) is 7.10. The fourth-order valence-electron chi connectivity index (χ4n) is 3.36. The number of benzene rings is 2. The van der Waals surface area contributed by atoms with Gasteiger partial charge in [-0.1, -0.05) is 42.5 Å². The first-order valence-electron chi connectivity index (χ1n) is 9.96. The minimum absolute atomic E-state index is 0.223. The molecule has 0 spiro atoms. The van der Waals surface area contributed by atoms with E-state index in [1.54, 1.807) is 11.6 Å². The molecular formula is C23H26N4O4. The van der Waals surface area contributed by atoms with Crippen molar-refractivity contribution in [3.63, 3.8) is 0 Å². The molecule has 0 atom stereocenters. The Hall–Kier alpha value is -3.62. The first-order chi connectivity index (χ1) is 15.0. The standard InChI is InChI=1S/C23H26N4O4/c24-23(29)31-14-13-27(12-11-19-15-25-21-4-2-1-3-20(19)21)16-18-7-5-17(6-8-18)9-10-22(28)26-30/h1-10,15,25,30H,11-14,16H2,(H2,24,29)(H,26,28)/b10-9+. The lowest BCUT2D eigenvalue weighted by Crippen LogP contribution is -2.30. The van der Waals surface area contributed by atoms with Gasteiger partial charge in [0, 0.05) is 42.8 Å². The van der Waals surface area contributed by atoms with Crippen LogP contribution in [-0.4, -0.2) is 46.8 Å². The van der Waals surface area contributed by atoms with Gasteiger partial charge < -0.3 is 15.5 Å². The molecule has 0 bridgehead atoms. The molecule has 0 aliphatic heterocycles. The number of aromatic amines is 1. The van der Waals surface area contributed by atoms with E-state index in [2.05, 4.69) is 22.0 Å². The van der Waals surface area contributed by atoms with Crippen molar-refractivity contribution in [3.8, 4) is 0 Å². The zero-order valence-electron chi connectivity index (χ0n) is 17.1. The van der Waals surface area contributed by atoms with E-state index in [-0.39, 0.29) is 6.61 Å². The predicted molar refractivity (Wildman–Crippen MR) is 118 cm³/mol. The summed E-state index contributed by atoms with van der Waals surface area (Å²) >= 11 is 0. The number of nitrogens with zero attached hydrogens (tertiary/aromatic N) is 1. The molecule has 3 aromatic rings. The van der Waals surface area contributed by atoms with Gasteiger partial charge in [0.2, 0.25) is 0 Å². The summed E-state index contributed by atoms with van der Waals surface area (Å²) in [5.41, 5.74) is 10.9. The molecule has 2 aromatic carbocycles. The van der Waals surface area contributed by atoms with Crippen LogP contribution in [0.2, 0.25) is 0 Å². The van der Waals surface area contributed by atoms with E-state index in [0.717, 1.165) is 29.6 Å². The Balaban J connectivity index is 1.64. The number of para-hydroxylation sites is 1. The summed E-state index contributed by atoms with van der Waals surface area (Å²) in [6, 6.07) is 15.9. The molecule has 0 saturated carbocycles. The molecule has 31 heavy (non-hydrogen) atoms. The Morgan fingerprint density at radius 2 is 1.90 bits per heavy atom. The van der Waals surface area contributed by atoms with E-state index in [1.165, 1.54) is 17.0 Å². The van der Waals surface area contributed by atoms with E-state index in [0.29, 0.717) is 13.1 Å². The molecule has 8 nitrogen and oxygen atoms in total. The second kappa shape index (κ2) is 11.0. The van der Waals surface area contributed by atoms with Crippen molar-refractivity contribution in [3.05, 3.63) is 77.5 Å². The Kier molecular flexibility index (Phi) is 7.80. The highest BCUT2D eigenvalue weighted by molar-refractivity contribution is 5.90. The highest BCUT2D eigenvalue weighted by Gasteiger charge is 2.10. The number of nitrogens with two attached hydrogens (primary N) is 1. The van der Waals surface area contributed by atoms with E-state index in [9.17, 15) is 9.59 Å². The monoisotopic (exact) mass is 422 g/mol. The average Bonchev–Trinajstić information content (AvgIpc) is 3.19.